The molecule has 0 unspecified atom stereocenters. The highest BCUT2D eigenvalue weighted by atomic mass is 15.3. The summed E-state index contributed by atoms with van der Waals surface area (Å²) < 4.78 is 0. The summed E-state index contributed by atoms with van der Waals surface area (Å²) in [5, 5.41) is 9.80. The first kappa shape index (κ1) is 16.4. The monoisotopic (exact) mass is 327 g/mol. The Balaban J connectivity index is 1.74. The van der Waals surface area contributed by atoms with E-state index in [2.05, 4.69) is 69.0 Å². The Hall–Kier alpha value is -2.41. The number of nitrogens with zero attached hydrogens (tertiary/aromatic N) is 3. The molecule has 0 bridgehead atoms. The van der Waals surface area contributed by atoms with E-state index in [0.717, 1.165) is 12.8 Å². The Morgan fingerprint density at radius 2 is 1.67 bits per heavy atom. The minimum absolute atomic E-state index is 0.248. The fourth-order valence-electron chi connectivity index (χ4n) is 2.87. The normalized spacial score (nSPS) is 13.8. The van der Waals surface area contributed by atoms with Crippen LogP contribution in [0.25, 0.3) is 0 Å². The number of aromatic nitrogens is 3. The summed E-state index contributed by atoms with van der Waals surface area (Å²) in [6.45, 7) is 5.26. The number of hydrogen-bond acceptors (Lipinski definition) is 7. The lowest BCUT2D eigenvalue weighted by molar-refractivity contribution is 0.758. The van der Waals surface area contributed by atoms with E-state index in [0.29, 0.717) is 37.0 Å². The van der Waals surface area contributed by atoms with Crippen LogP contribution in [0.15, 0.2) is 24.3 Å². The fourth-order valence-corrected chi connectivity index (χ4v) is 2.87. The zero-order chi connectivity index (χ0) is 16.9. The van der Waals surface area contributed by atoms with Crippen molar-refractivity contribution in [1.29, 1.82) is 0 Å². The van der Waals surface area contributed by atoms with Gasteiger partial charge < -0.3 is 21.7 Å². The van der Waals surface area contributed by atoms with E-state index in [-0.39, 0.29) is 6.04 Å². The molecular formula is C17H25N7. The lowest BCUT2D eigenvalue weighted by atomic mass is 10.1. The van der Waals surface area contributed by atoms with Gasteiger partial charge in [0.25, 0.3) is 0 Å². The minimum Gasteiger partial charge on any atom is -0.353 e. The maximum atomic E-state index is 5.55. The molecule has 5 N–H and O–H groups in total. The standard InChI is InChI=1S/C17H25N7/c1-11(2)20-16-22-15(19-8-7-18)23-17(24-16)21-14-9-12-5-3-4-6-13(12)10-14/h3-6,11,14H,7-10,18H2,1-2H3,(H3,19,20,21,22,23,24). The molecule has 3 rings (SSSR count). The highest BCUT2D eigenvalue weighted by Crippen LogP contribution is 2.24. The molecule has 1 aliphatic carbocycles. The smallest absolute Gasteiger partial charge is 0.229 e. The Labute approximate surface area is 142 Å². The van der Waals surface area contributed by atoms with E-state index in [1.807, 2.05) is 0 Å². The lowest BCUT2D eigenvalue weighted by Gasteiger charge is -2.15. The number of hydrogen-bond donors (Lipinski definition) is 4. The van der Waals surface area contributed by atoms with E-state index in [1.165, 1.54) is 11.1 Å². The van der Waals surface area contributed by atoms with Crippen molar-refractivity contribution in [2.75, 3.05) is 29.0 Å². The molecule has 0 atom stereocenters. The average molecular weight is 327 g/mol. The first-order valence-corrected chi connectivity index (χ1v) is 8.44. The van der Waals surface area contributed by atoms with Gasteiger partial charge in [-0.2, -0.15) is 15.0 Å². The molecule has 0 fully saturated rings. The van der Waals surface area contributed by atoms with E-state index in [9.17, 15) is 0 Å². The summed E-state index contributed by atoms with van der Waals surface area (Å²) in [6.07, 6.45) is 1.97. The van der Waals surface area contributed by atoms with Crippen LogP contribution in [-0.2, 0) is 12.8 Å². The summed E-state index contributed by atoms with van der Waals surface area (Å²) in [6, 6.07) is 9.10. The first-order valence-electron chi connectivity index (χ1n) is 8.44. The molecule has 0 amide bonds. The molecule has 1 aliphatic rings. The van der Waals surface area contributed by atoms with Crippen LogP contribution in [0.4, 0.5) is 17.8 Å². The zero-order valence-corrected chi connectivity index (χ0v) is 14.2. The maximum Gasteiger partial charge on any atom is 0.229 e. The van der Waals surface area contributed by atoms with Gasteiger partial charge in [-0.3, -0.25) is 0 Å². The molecule has 2 aromatic rings. The molecule has 0 spiro atoms. The summed E-state index contributed by atoms with van der Waals surface area (Å²) in [5.41, 5.74) is 8.34. The highest BCUT2D eigenvalue weighted by Gasteiger charge is 2.22. The van der Waals surface area contributed by atoms with Gasteiger partial charge in [0.05, 0.1) is 0 Å². The van der Waals surface area contributed by atoms with Crippen LogP contribution in [-0.4, -0.2) is 40.1 Å². The molecule has 0 saturated heterocycles. The number of benzene rings is 1. The van der Waals surface area contributed by atoms with Crippen LogP contribution in [0.2, 0.25) is 0 Å². The molecule has 0 saturated carbocycles. The van der Waals surface area contributed by atoms with Gasteiger partial charge in [0.2, 0.25) is 17.8 Å². The number of rotatable bonds is 7. The zero-order valence-electron chi connectivity index (χ0n) is 14.2. The van der Waals surface area contributed by atoms with E-state index in [1.54, 1.807) is 0 Å². The Morgan fingerprint density at radius 1 is 1.04 bits per heavy atom. The second kappa shape index (κ2) is 7.44. The Bertz CT molecular complexity index is 661. The maximum absolute atomic E-state index is 5.55. The number of nitrogens with one attached hydrogen (secondary N) is 3. The van der Waals surface area contributed by atoms with Crippen molar-refractivity contribution in [3.05, 3.63) is 35.4 Å². The van der Waals surface area contributed by atoms with Crippen molar-refractivity contribution in [3.8, 4) is 0 Å². The van der Waals surface area contributed by atoms with Gasteiger partial charge in [0.1, 0.15) is 0 Å². The van der Waals surface area contributed by atoms with Gasteiger partial charge in [-0.15, -0.1) is 0 Å². The molecule has 7 nitrogen and oxygen atoms in total. The third-order valence-corrected chi connectivity index (χ3v) is 3.86. The third-order valence-electron chi connectivity index (χ3n) is 3.86. The highest BCUT2D eigenvalue weighted by molar-refractivity contribution is 5.45. The average Bonchev–Trinajstić information content (AvgIpc) is 2.94. The van der Waals surface area contributed by atoms with Gasteiger partial charge >= 0.3 is 0 Å². The van der Waals surface area contributed by atoms with Crippen molar-refractivity contribution < 1.29 is 0 Å². The molecule has 1 heterocycles. The topological polar surface area (TPSA) is 101 Å². The molecule has 24 heavy (non-hydrogen) atoms. The van der Waals surface area contributed by atoms with E-state index < -0.39 is 0 Å². The molecule has 7 heteroatoms. The predicted molar refractivity (Wildman–Crippen MR) is 97.4 cm³/mol. The van der Waals surface area contributed by atoms with Gasteiger partial charge in [0.15, 0.2) is 0 Å². The predicted octanol–water partition coefficient (Wildman–Crippen LogP) is 1.64. The molecule has 1 aromatic carbocycles. The van der Waals surface area contributed by atoms with E-state index in [4.69, 9.17) is 5.73 Å². The SMILES string of the molecule is CC(C)Nc1nc(NCCN)nc(NC2Cc3ccccc3C2)n1. The Kier molecular flexibility index (Phi) is 5.10. The summed E-state index contributed by atoms with van der Waals surface area (Å²) in [7, 11) is 0. The van der Waals surface area contributed by atoms with Crippen molar-refractivity contribution in [2.45, 2.75) is 38.8 Å². The summed E-state index contributed by atoms with van der Waals surface area (Å²) in [4.78, 5) is 13.3. The van der Waals surface area contributed by atoms with Crippen LogP contribution in [0.1, 0.15) is 25.0 Å². The molecule has 128 valence electrons. The molecule has 1 aromatic heterocycles. The molecular weight excluding hydrogens is 302 g/mol. The number of nitrogens with two attached hydrogens (primary N) is 1. The van der Waals surface area contributed by atoms with Crippen molar-refractivity contribution in [2.24, 2.45) is 5.73 Å². The first-order chi connectivity index (χ1) is 11.6. The quantitative estimate of drug-likeness (QED) is 0.613. The largest absolute Gasteiger partial charge is 0.353 e. The van der Waals surface area contributed by atoms with E-state index >= 15 is 0 Å². The van der Waals surface area contributed by atoms with Crippen molar-refractivity contribution >= 4 is 17.8 Å². The summed E-state index contributed by atoms with van der Waals surface area (Å²) in [5.74, 6) is 1.69. The second-order valence-electron chi connectivity index (χ2n) is 6.34. The van der Waals surface area contributed by atoms with Gasteiger partial charge in [-0.1, -0.05) is 24.3 Å². The second-order valence-corrected chi connectivity index (χ2v) is 6.34. The minimum atomic E-state index is 0.248. The van der Waals surface area contributed by atoms with Gasteiger partial charge in [0, 0.05) is 25.2 Å². The molecule has 0 aliphatic heterocycles. The van der Waals surface area contributed by atoms with Gasteiger partial charge in [-0.05, 0) is 37.8 Å². The Morgan fingerprint density at radius 3 is 2.29 bits per heavy atom. The number of anilines is 3. The third kappa shape index (κ3) is 4.11. The fraction of sp³-hybridized carbons (Fsp3) is 0.471. The van der Waals surface area contributed by atoms with Crippen LogP contribution in [0.3, 0.4) is 0 Å². The van der Waals surface area contributed by atoms with Crippen LogP contribution >= 0.6 is 0 Å². The number of fused-ring (bicyclic) bond motifs is 1. The van der Waals surface area contributed by atoms with Crippen molar-refractivity contribution in [1.82, 2.24) is 15.0 Å². The lowest BCUT2D eigenvalue weighted by Crippen LogP contribution is -2.23. The molecule has 0 radical (unpaired) electrons. The van der Waals surface area contributed by atoms with Crippen molar-refractivity contribution in [3.63, 3.8) is 0 Å². The van der Waals surface area contributed by atoms with Gasteiger partial charge in [-0.25, -0.2) is 0 Å². The van der Waals surface area contributed by atoms with Crippen LogP contribution < -0.4 is 21.7 Å². The van der Waals surface area contributed by atoms with Crippen LogP contribution in [0.5, 0.6) is 0 Å². The van der Waals surface area contributed by atoms with Crippen LogP contribution in [0, 0.1) is 0 Å². The summed E-state index contributed by atoms with van der Waals surface area (Å²) >= 11 is 0.